The van der Waals surface area contributed by atoms with E-state index in [4.69, 9.17) is 5.73 Å². The van der Waals surface area contributed by atoms with Crippen LogP contribution in [0.4, 0.5) is 24.8 Å². The summed E-state index contributed by atoms with van der Waals surface area (Å²) in [5, 5.41) is 0. The van der Waals surface area contributed by atoms with Crippen molar-refractivity contribution < 1.29 is 18.0 Å². The minimum absolute atomic E-state index is 0.0283. The van der Waals surface area contributed by atoms with Crippen molar-refractivity contribution in [3.63, 3.8) is 0 Å². The first kappa shape index (κ1) is 13.8. The van der Waals surface area contributed by atoms with Crippen molar-refractivity contribution in [1.29, 1.82) is 0 Å². The van der Waals surface area contributed by atoms with Crippen LogP contribution in [0.5, 0.6) is 0 Å². The Morgan fingerprint density at radius 2 is 1.80 bits per heavy atom. The minimum Gasteiger partial charge on any atom is -0.366 e. The number of rotatable bonds is 3. The van der Waals surface area contributed by atoms with E-state index in [2.05, 4.69) is 9.97 Å². The van der Waals surface area contributed by atoms with Gasteiger partial charge in [0.05, 0.1) is 5.69 Å². The van der Waals surface area contributed by atoms with Crippen molar-refractivity contribution >= 4 is 17.5 Å². The molecule has 2 aromatic rings. The molecule has 0 aliphatic carbocycles. The first-order valence-corrected chi connectivity index (χ1v) is 5.43. The fraction of sp³-hybridized carbons (Fsp3) is 0.0833. The van der Waals surface area contributed by atoms with E-state index in [1.807, 2.05) is 0 Å². The molecule has 5 nitrogen and oxygen atoms in total. The van der Waals surface area contributed by atoms with Crippen molar-refractivity contribution in [3.05, 3.63) is 48.3 Å². The molecule has 0 atom stereocenters. The van der Waals surface area contributed by atoms with Crippen LogP contribution < -0.4 is 10.6 Å². The smallest absolute Gasteiger partial charge is 0.366 e. The number of benzene rings is 1. The molecule has 8 heteroatoms. The number of primary amides is 1. The van der Waals surface area contributed by atoms with Gasteiger partial charge in [0.25, 0.3) is 0 Å². The number of hydrogen-bond donors (Lipinski definition) is 1. The van der Waals surface area contributed by atoms with Gasteiger partial charge in [-0.05, 0) is 24.3 Å². The zero-order valence-electron chi connectivity index (χ0n) is 10.0. The summed E-state index contributed by atoms with van der Waals surface area (Å²) >= 11 is 0. The maximum atomic E-state index is 13.2. The molecule has 1 aromatic carbocycles. The third-order valence-corrected chi connectivity index (χ3v) is 2.39. The quantitative estimate of drug-likeness (QED) is 0.876. The van der Waals surface area contributed by atoms with E-state index in [0.29, 0.717) is 0 Å². The van der Waals surface area contributed by atoms with Crippen molar-refractivity contribution in [2.75, 3.05) is 4.90 Å². The molecule has 2 N–H and O–H groups in total. The van der Waals surface area contributed by atoms with Crippen LogP contribution in [-0.4, -0.2) is 22.2 Å². The number of nitrogens with two attached hydrogens (primary N) is 1. The summed E-state index contributed by atoms with van der Waals surface area (Å²) in [5.41, 5.74) is 4.73. The van der Waals surface area contributed by atoms with Crippen molar-refractivity contribution in [3.8, 4) is 0 Å². The van der Waals surface area contributed by atoms with Gasteiger partial charge in [0.15, 0.2) is 0 Å². The van der Waals surface area contributed by atoms with E-state index >= 15 is 0 Å². The molecule has 2 rings (SSSR count). The summed E-state index contributed by atoms with van der Waals surface area (Å²) < 4.78 is 39.5. The van der Waals surface area contributed by atoms with Crippen LogP contribution in [0, 0.1) is 0 Å². The van der Waals surface area contributed by atoms with Crippen LogP contribution in [0.15, 0.2) is 42.7 Å². The van der Waals surface area contributed by atoms with E-state index in [-0.39, 0.29) is 16.2 Å². The molecule has 1 aromatic heterocycles. The van der Waals surface area contributed by atoms with Crippen LogP contribution >= 0.6 is 0 Å². The highest BCUT2D eigenvalue weighted by molar-refractivity contribution is 5.93. The molecule has 0 saturated carbocycles. The summed E-state index contributed by atoms with van der Waals surface area (Å²) in [6, 6.07) is 6.25. The summed E-state index contributed by atoms with van der Waals surface area (Å²) in [7, 11) is 0. The van der Waals surface area contributed by atoms with Gasteiger partial charge in [0.1, 0.15) is 0 Å². The first-order chi connectivity index (χ1) is 9.39. The zero-order chi connectivity index (χ0) is 14.8. The third kappa shape index (κ3) is 2.85. The molecule has 1 heterocycles. The molecule has 0 bridgehead atoms. The van der Waals surface area contributed by atoms with E-state index in [1.54, 1.807) is 0 Å². The topological polar surface area (TPSA) is 72.1 Å². The lowest BCUT2D eigenvalue weighted by Crippen LogP contribution is -2.35. The molecule has 0 aliphatic rings. The molecule has 0 radical (unpaired) electrons. The van der Waals surface area contributed by atoms with Gasteiger partial charge >= 0.3 is 6.30 Å². The number of aromatic nitrogens is 2. The summed E-state index contributed by atoms with van der Waals surface area (Å²) in [6.45, 7) is 0. The molecule has 104 valence electrons. The molecule has 0 spiro atoms. The molecule has 20 heavy (non-hydrogen) atoms. The predicted molar refractivity (Wildman–Crippen MR) is 65.2 cm³/mol. The SMILES string of the molecule is NC(=O)c1cccc(N(c2ncccn2)C(F)(F)F)c1. The van der Waals surface area contributed by atoms with Crippen LogP contribution in [0.3, 0.4) is 0 Å². The minimum atomic E-state index is -4.74. The Kier molecular flexibility index (Phi) is 3.55. The Bertz CT molecular complexity index is 616. The van der Waals surface area contributed by atoms with Gasteiger partial charge in [-0.1, -0.05) is 6.07 Å². The molecule has 0 fully saturated rings. The standard InChI is InChI=1S/C12H9F3N4O/c13-12(14,15)19(11-17-5-2-6-18-11)9-4-1-3-8(7-9)10(16)20/h1-7H,(H2,16,20). The average Bonchev–Trinajstić information content (AvgIpc) is 2.39. The molecule has 0 unspecified atom stereocenters. The highest BCUT2D eigenvalue weighted by atomic mass is 19.4. The van der Waals surface area contributed by atoms with Crippen molar-refractivity contribution in [2.24, 2.45) is 5.73 Å². The first-order valence-electron chi connectivity index (χ1n) is 5.43. The van der Waals surface area contributed by atoms with Gasteiger partial charge < -0.3 is 5.73 Å². The molecular weight excluding hydrogens is 273 g/mol. The molecule has 0 saturated heterocycles. The van der Waals surface area contributed by atoms with E-state index in [1.165, 1.54) is 36.7 Å². The lowest BCUT2D eigenvalue weighted by atomic mass is 10.2. The van der Waals surface area contributed by atoms with Gasteiger partial charge in [-0.15, -0.1) is 13.2 Å². The van der Waals surface area contributed by atoms with E-state index in [9.17, 15) is 18.0 Å². The second kappa shape index (κ2) is 5.16. The summed E-state index contributed by atoms with van der Waals surface area (Å²) in [5.74, 6) is -1.36. The zero-order valence-corrected chi connectivity index (χ0v) is 10.0. The highest BCUT2D eigenvalue weighted by Gasteiger charge is 2.40. The number of amides is 1. The van der Waals surface area contributed by atoms with Crippen LogP contribution in [-0.2, 0) is 0 Å². The lowest BCUT2D eigenvalue weighted by molar-refractivity contribution is -0.121. The predicted octanol–water partition coefficient (Wildman–Crippen LogP) is 2.23. The maximum absolute atomic E-state index is 13.2. The Balaban J connectivity index is 2.53. The van der Waals surface area contributed by atoms with Crippen LogP contribution in [0.25, 0.3) is 0 Å². The number of alkyl halides is 3. The number of hydrogen-bond acceptors (Lipinski definition) is 4. The number of carbonyl (C=O) groups is 1. The summed E-state index contributed by atoms with van der Waals surface area (Å²) in [4.78, 5) is 18.2. The van der Waals surface area contributed by atoms with Crippen LogP contribution in [0.1, 0.15) is 10.4 Å². The number of nitrogens with zero attached hydrogens (tertiary/aromatic N) is 3. The van der Waals surface area contributed by atoms with E-state index < -0.39 is 18.2 Å². The normalized spacial score (nSPS) is 11.2. The molecule has 1 amide bonds. The average molecular weight is 282 g/mol. The monoisotopic (exact) mass is 282 g/mol. The molecular formula is C12H9F3N4O. The largest absolute Gasteiger partial charge is 0.491 e. The number of halogens is 3. The van der Waals surface area contributed by atoms with Crippen molar-refractivity contribution in [2.45, 2.75) is 6.30 Å². The van der Waals surface area contributed by atoms with Gasteiger partial charge in [0.2, 0.25) is 11.9 Å². The highest BCUT2D eigenvalue weighted by Crippen LogP contribution is 2.34. The lowest BCUT2D eigenvalue weighted by Gasteiger charge is -2.24. The van der Waals surface area contributed by atoms with Gasteiger partial charge in [-0.3, -0.25) is 4.79 Å². The van der Waals surface area contributed by atoms with Gasteiger partial charge in [0, 0.05) is 18.0 Å². The van der Waals surface area contributed by atoms with Crippen LogP contribution in [0.2, 0.25) is 0 Å². The Morgan fingerprint density at radius 3 is 2.35 bits per heavy atom. The second-order valence-corrected chi connectivity index (χ2v) is 3.77. The second-order valence-electron chi connectivity index (χ2n) is 3.77. The Morgan fingerprint density at radius 1 is 1.15 bits per heavy atom. The fourth-order valence-corrected chi connectivity index (χ4v) is 1.58. The van der Waals surface area contributed by atoms with Gasteiger partial charge in [-0.25, -0.2) is 14.9 Å². The van der Waals surface area contributed by atoms with Crippen molar-refractivity contribution in [1.82, 2.24) is 9.97 Å². The number of carbonyl (C=O) groups excluding carboxylic acids is 1. The summed E-state index contributed by atoms with van der Waals surface area (Å²) in [6.07, 6.45) is -2.35. The molecule has 0 aliphatic heterocycles. The fourth-order valence-electron chi connectivity index (χ4n) is 1.58. The number of anilines is 2. The Labute approximate surface area is 111 Å². The maximum Gasteiger partial charge on any atom is 0.491 e. The van der Waals surface area contributed by atoms with E-state index in [0.717, 1.165) is 6.07 Å². The Hall–Kier alpha value is -2.64. The third-order valence-electron chi connectivity index (χ3n) is 2.39. The van der Waals surface area contributed by atoms with Gasteiger partial charge in [-0.2, -0.15) is 0 Å².